The molecule has 5 heteroatoms. The first-order chi connectivity index (χ1) is 14.4. The van der Waals surface area contributed by atoms with Gasteiger partial charge in [0.25, 0.3) is 0 Å². The van der Waals surface area contributed by atoms with Gasteiger partial charge in [-0.3, -0.25) is 4.90 Å². The van der Waals surface area contributed by atoms with Crippen molar-refractivity contribution in [3.63, 3.8) is 0 Å². The molecule has 0 spiro atoms. The number of amides is 1. The summed E-state index contributed by atoms with van der Waals surface area (Å²) in [4.78, 5) is 14.8. The van der Waals surface area contributed by atoms with Gasteiger partial charge in [0.05, 0.1) is 13.2 Å². The molecule has 1 aromatic carbocycles. The first kappa shape index (κ1) is 21.4. The minimum Gasteiger partial charge on any atom is -0.444 e. The number of fused-ring (bicyclic) bond motifs is 3. The van der Waals surface area contributed by atoms with Gasteiger partial charge >= 0.3 is 6.09 Å². The van der Waals surface area contributed by atoms with Crippen LogP contribution in [0, 0.1) is 11.8 Å². The van der Waals surface area contributed by atoms with Gasteiger partial charge in [-0.05, 0) is 75.0 Å². The van der Waals surface area contributed by atoms with Gasteiger partial charge in [-0.25, -0.2) is 4.79 Å². The lowest BCUT2D eigenvalue weighted by Crippen LogP contribution is -2.44. The quantitative estimate of drug-likeness (QED) is 0.811. The molecule has 1 aromatic rings. The van der Waals surface area contributed by atoms with Crippen molar-refractivity contribution in [3.05, 3.63) is 41.0 Å². The van der Waals surface area contributed by atoms with Crippen LogP contribution in [-0.2, 0) is 22.3 Å². The number of rotatable bonds is 4. The van der Waals surface area contributed by atoms with Crippen LogP contribution in [0.4, 0.5) is 4.79 Å². The third kappa shape index (κ3) is 5.44. The fraction of sp³-hybridized carbons (Fsp3) is 0.640. The molecule has 5 nitrogen and oxygen atoms in total. The van der Waals surface area contributed by atoms with Crippen molar-refractivity contribution in [2.45, 2.75) is 58.1 Å². The van der Waals surface area contributed by atoms with E-state index in [1.54, 1.807) is 0 Å². The maximum atomic E-state index is 12.4. The number of nitrogens with one attached hydrogen (secondary N) is 1. The fourth-order valence-corrected chi connectivity index (χ4v) is 5.13. The Balaban J connectivity index is 1.40. The van der Waals surface area contributed by atoms with Crippen molar-refractivity contribution >= 4 is 12.2 Å². The molecule has 3 atom stereocenters. The Morgan fingerprint density at radius 3 is 2.57 bits per heavy atom. The molecule has 3 unspecified atom stereocenters. The summed E-state index contributed by atoms with van der Waals surface area (Å²) in [5.41, 5.74) is 3.71. The average molecular weight is 413 g/mol. The molecule has 1 N–H and O–H groups in total. The number of carbonyl (C=O) groups is 1. The molecule has 2 aliphatic carbocycles. The molecule has 2 bridgehead atoms. The Morgan fingerprint density at radius 2 is 1.87 bits per heavy atom. The largest absolute Gasteiger partial charge is 0.444 e. The van der Waals surface area contributed by atoms with Crippen LogP contribution in [0.3, 0.4) is 0 Å². The van der Waals surface area contributed by atoms with Gasteiger partial charge in [0.1, 0.15) is 5.60 Å². The van der Waals surface area contributed by atoms with Gasteiger partial charge < -0.3 is 14.8 Å². The standard InChI is InChI=1S/C25H36N2O3/c1-25(2,3)30-24(28)26-23-20-8-9-21(23)17-22-15-18(6-7-19(22)16-20)5-4-10-27-11-13-29-14-12-27/h4-7,15,20-21,23H,8-14,16-17H2,1-3H3,(H,26,28). The zero-order valence-electron chi connectivity index (χ0n) is 18.7. The van der Waals surface area contributed by atoms with E-state index < -0.39 is 5.60 Å². The number of benzene rings is 1. The molecule has 0 radical (unpaired) electrons. The van der Waals surface area contributed by atoms with Crippen molar-refractivity contribution in [3.8, 4) is 0 Å². The lowest BCUT2D eigenvalue weighted by Gasteiger charge is -2.26. The smallest absolute Gasteiger partial charge is 0.407 e. The number of nitrogens with zero attached hydrogens (tertiary/aromatic N) is 1. The fourth-order valence-electron chi connectivity index (χ4n) is 5.13. The van der Waals surface area contributed by atoms with Crippen LogP contribution < -0.4 is 5.32 Å². The second kappa shape index (κ2) is 9.11. The van der Waals surface area contributed by atoms with Gasteiger partial charge in [-0.15, -0.1) is 0 Å². The third-order valence-corrected chi connectivity index (χ3v) is 6.58. The monoisotopic (exact) mass is 412 g/mol. The van der Waals surface area contributed by atoms with E-state index in [0.29, 0.717) is 11.8 Å². The molecule has 0 aromatic heterocycles. The summed E-state index contributed by atoms with van der Waals surface area (Å²) in [6.45, 7) is 10.4. The molecular formula is C25H36N2O3. The van der Waals surface area contributed by atoms with E-state index in [-0.39, 0.29) is 12.1 Å². The third-order valence-electron chi connectivity index (χ3n) is 6.58. The second-order valence-electron chi connectivity index (χ2n) is 10.0. The Kier molecular flexibility index (Phi) is 6.49. The zero-order chi connectivity index (χ0) is 21.1. The molecule has 1 saturated carbocycles. The highest BCUT2D eigenvalue weighted by Crippen LogP contribution is 2.40. The van der Waals surface area contributed by atoms with Crippen LogP contribution in [0.15, 0.2) is 24.3 Å². The zero-order valence-corrected chi connectivity index (χ0v) is 18.7. The molecule has 2 fully saturated rings. The van der Waals surface area contributed by atoms with E-state index in [2.05, 4.69) is 40.6 Å². The lowest BCUT2D eigenvalue weighted by atomic mass is 9.92. The van der Waals surface area contributed by atoms with Gasteiger partial charge in [0.15, 0.2) is 0 Å². The minimum atomic E-state index is -0.459. The van der Waals surface area contributed by atoms with Gasteiger partial charge in [0.2, 0.25) is 0 Å². The number of alkyl carbamates (subject to hydrolysis) is 1. The Labute approximate surface area is 180 Å². The minimum absolute atomic E-state index is 0.215. The highest BCUT2D eigenvalue weighted by molar-refractivity contribution is 5.68. The molecular weight excluding hydrogens is 376 g/mol. The maximum absolute atomic E-state index is 12.4. The summed E-state index contributed by atoms with van der Waals surface area (Å²) in [6, 6.07) is 7.11. The summed E-state index contributed by atoms with van der Waals surface area (Å²) in [7, 11) is 0. The topological polar surface area (TPSA) is 50.8 Å². The van der Waals surface area contributed by atoms with Crippen LogP contribution in [-0.4, -0.2) is 55.5 Å². The van der Waals surface area contributed by atoms with E-state index >= 15 is 0 Å². The molecule has 3 aliphatic rings. The summed E-state index contributed by atoms with van der Waals surface area (Å²) in [5.74, 6) is 1.00. The van der Waals surface area contributed by atoms with E-state index in [0.717, 1.165) is 45.7 Å². The number of ether oxygens (including phenoxy) is 2. The van der Waals surface area contributed by atoms with E-state index in [1.807, 2.05) is 20.8 Å². The molecule has 4 rings (SSSR count). The number of hydrogen-bond donors (Lipinski definition) is 1. The van der Waals surface area contributed by atoms with Gasteiger partial charge in [0, 0.05) is 25.7 Å². The highest BCUT2D eigenvalue weighted by atomic mass is 16.6. The summed E-state index contributed by atoms with van der Waals surface area (Å²) in [6.07, 6.45) is 8.69. The Bertz CT molecular complexity index is 777. The molecule has 1 heterocycles. The van der Waals surface area contributed by atoms with Crippen molar-refractivity contribution in [2.24, 2.45) is 11.8 Å². The molecule has 1 amide bonds. The molecule has 1 saturated heterocycles. The lowest BCUT2D eigenvalue weighted by molar-refractivity contribution is 0.0435. The van der Waals surface area contributed by atoms with E-state index in [9.17, 15) is 4.79 Å². The van der Waals surface area contributed by atoms with E-state index in [1.165, 1.54) is 29.5 Å². The predicted molar refractivity (Wildman–Crippen MR) is 120 cm³/mol. The van der Waals surface area contributed by atoms with Crippen LogP contribution in [0.1, 0.15) is 50.3 Å². The molecule has 1 aliphatic heterocycles. The van der Waals surface area contributed by atoms with Crippen molar-refractivity contribution in [1.82, 2.24) is 10.2 Å². The molecule has 30 heavy (non-hydrogen) atoms. The molecule has 164 valence electrons. The van der Waals surface area contributed by atoms with Crippen molar-refractivity contribution in [1.29, 1.82) is 0 Å². The first-order valence-corrected chi connectivity index (χ1v) is 11.5. The van der Waals surface area contributed by atoms with Gasteiger partial charge in [-0.2, -0.15) is 0 Å². The van der Waals surface area contributed by atoms with Crippen molar-refractivity contribution in [2.75, 3.05) is 32.8 Å². The van der Waals surface area contributed by atoms with Crippen LogP contribution >= 0.6 is 0 Å². The summed E-state index contributed by atoms with van der Waals surface area (Å²) >= 11 is 0. The van der Waals surface area contributed by atoms with Crippen LogP contribution in [0.5, 0.6) is 0 Å². The second-order valence-corrected chi connectivity index (χ2v) is 10.0. The van der Waals surface area contributed by atoms with Crippen LogP contribution in [0.2, 0.25) is 0 Å². The summed E-state index contributed by atoms with van der Waals surface area (Å²) in [5, 5.41) is 3.21. The Morgan fingerprint density at radius 1 is 1.17 bits per heavy atom. The maximum Gasteiger partial charge on any atom is 0.407 e. The Hall–Kier alpha value is -1.85. The highest BCUT2D eigenvalue weighted by Gasteiger charge is 2.40. The van der Waals surface area contributed by atoms with Crippen molar-refractivity contribution < 1.29 is 14.3 Å². The van der Waals surface area contributed by atoms with E-state index in [4.69, 9.17) is 9.47 Å². The predicted octanol–water partition coefficient (Wildman–Crippen LogP) is 4.05. The first-order valence-electron chi connectivity index (χ1n) is 11.5. The van der Waals surface area contributed by atoms with Crippen LogP contribution in [0.25, 0.3) is 6.08 Å². The number of morpholine rings is 1. The summed E-state index contributed by atoms with van der Waals surface area (Å²) < 4.78 is 10.9. The average Bonchev–Trinajstić information content (AvgIpc) is 2.95. The SMILES string of the molecule is CC(C)(C)OC(=O)NC1C2CCC1Cc1cc(C=CCN3CCOCC3)ccc1C2. The van der Waals surface area contributed by atoms with Gasteiger partial charge in [-0.1, -0.05) is 30.4 Å². The normalized spacial score (nSPS) is 27.0. The number of hydrogen-bond acceptors (Lipinski definition) is 4. The number of carbonyl (C=O) groups excluding carboxylic acids is 1.